The Balaban J connectivity index is 0.00000420. The Hall–Kier alpha value is -1.84. The van der Waals surface area contributed by atoms with Crippen LogP contribution in [-0.2, 0) is 22.6 Å². The van der Waals surface area contributed by atoms with Gasteiger partial charge in [0.05, 0.1) is 19.8 Å². The summed E-state index contributed by atoms with van der Waals surface area (Å²) in [5, 5.41) is 6.62. The molecule has 0 saturated carbocycles. The topological polar surface area (TPSA) is 64.1 Å². The van der Waals surface area contributed by atoms with Crippen molar-refractivity contribution in [2.45, 2.75) is 26.5 Å². The number of ether oxygens (including phenoxy) is 3. The van der Waals surface area contributed by atoms with E-state index in [-0.39, 0.29) is 24.0 Å². The van der Waals surface area contributed by atoms with Crippen molar-refractivity contribution < 1.29 is 14.2 Å². The van der Waals surface area contributed by atoms with Crippen LogP contribution in [0.4, 0.5) is 5.69 Å². The van der Waals surface area contributed by atoms with Crippen LogP contribution >= 0.6 is 24.0 Å². The predicted molar refractivity (Wildman–Crippen MR) is 129 cm³/mol. The van der Waals surface area contributed by atoms with Gasteiger partial charge in [-0.2, -0.15) is 0 Å². The number of nitrogens with one attached hydrogen (secondary N) is 2. The number of rotatable bonds is 11. The highest BCUT2D eigenvalue weighted by atomic mass is 127. The molecule has 0 aliphatic carbocycles. The lowest BCUT2D eigenvalue weighted by molar-refractivity contribution is 0.172. The number of benzene rings is 2. The van der Waals surface area contributed by atoms with E-state index < -0.39 is 0 Å². The van der Waals surface area contributed by atoms with Crippen molar-refractivity contribution >= 4 is 35.6 Å². The standard InChI is InChI=1S/C22H31N3O3.HI/c1-4-23-22(24-16-18-8-5-9-19(14-18)17-27-3)25-20-10-6-11-21(15-20)28-13-7-12-26-2;/h5-6,8-11,14-15H,4,7,12-13,16-17H2,1-3H3,(H2,23,24,25);1H. The Morgan fingerprint density at radius 2 is 1.76 bits per heavy atom. The SMILES string of the molecule is CCNC(=NCc1cccc(COC)c1)Nc1cccc(OCCCOC)c1.I. The van der Waals surface area contributed by atoms with Gasteiger partial charge in [0.2, 0.25) is 0 Å². The first-order valence-corrected chi connectivity index (χ1v) is 9.59. The lowest BCUT2D eigenvalue weighted by Gasteiger charge is -2.13. The fourth-order valence-corrected chi connectivity index (χ4v) is 2.66. The molecule has 2 N–H and O–H groups in total. The maximum atomic E-state index is 5.76. The van der Waals surface area contributed by atoms with Crippen LogP contribution in [0.15, 0.2) is 53.5 Å². The molecule has 6 nitrogen and oxygen atoms in total. The first-order chi connectivity index (χ1) is 13.7. The summed E-state index contributed by atoms with van der Waals surface area (Å²) >= 11 is 0. The van der Waals surface area contributed by atoms with Crippen molar-refractivity contribution in [1.82, 2.24) is 5.32 Å². The molecule has 0 fully saturated rings. The van der Waals surface area contributed by atoms with Crippen molar-refractivity contribution in [2.24, 2.45) is 4.99 Å². The normalized spacial score (nSPS) is 10.9. The first-order valence-electron chi connectivity index (χ1n) is 9.59. The summed E-state index contributed by atoms with van der Waals surface area (Å²) in [5.41, 5.74) is 3.21. The Morgan fingerprint density at radius 1 is 0.966 bits per heavy atom. The molecule has 0 aliphatic rings. The fraction of sp³-hybridized carbons (Fsp3) is 0.409. The van der Waals surface area contributed by atoms with Crippen LogP contribution in [0.1, 0.15) is 24.5 Å². The van der Waals surface area contributed by atoms with Crippen LogP contribution in [0.2, 0.25) is 0 Å². The largest absolute Gasteiger partial charge is 0.493 e. The molecule has 0 atom stereocenters. The second-order valence-corrected chi connectivity index (χ2v) is 6.30. The van der Waals surface area contributed by atoms with E-state index in [1.807, 2.05) is 37.3 Å². The molecule has 0 unspecified atom stereocenters. The van der Waals surface area contributed by atoms with Gasteiger partial charge in [0, 0.05) is 45.5 Å². The molecular formula is C22H32IN3O3. The summed E-state index contributed by atoms with van der Waals surface area (Å²) < 4.78 is 16.0. The molecule has 0 amide bonds. The van der Waals surface area contributed by atoms with Gasteiger partial charge in [0.15, 0.2) is 5.96 Å². The molecule has 0 radical (unpaired) electrons. The third kappa shape index (κ3) is 9.96. The smallest absolute Gasteiger partial charge is 0.196 e. The number of methoxy groups -OCH3 is 2. The Bertz CT molecular complexity index is 741. The van der Waals surface area contributed by atoms with E-state index in [0.29, 0.717) is 26.4 Å². The van der Waals surface area contributed by atoms with Gasteiger partial charge < -0.3 is 24.8 Å². The summed E-state index contributed by atoms with van der Waals surface area (Å²) in [6.45, 7) is 5.34. The summed E-state index contributed by atoms with van der Waals surface area (Å²) in [5.74, 6) is 1.56. The fourth-order valence-electron chi connectivity index (χ4n) is 2.66. The lowest BCUT2D eigenvalue weighted by atomic mass is 10.1. The van der Waals surface area contributed by atoms with Gasteiger partial charge in [-0.25, -0.2) is 4.99 Å². The van der Waals surface area contributed by atoms with E-state index in [4.69, 9.17) is 19.2 Å². The van der Waals surface area contributed by atoms with Crippen molar-refractivity contribution in [3.63, 3.8) is 0 Å². The maximum Gasteiger partial charge on any atom is 0.196 e. The van der Waals surface area contributed by atoms with Crippen molar-refractivity contribution in [1.29, 1.82) is 0 Å². The molecule has 160 valence electrons. The van der Waals surface area contributed by atoms with E-state index >= 15 is 0 Å². The maximum absolute atomic E-state index is 5.76. The van der Waals surface area contributed by atoms with Gasteiger partial charge in [-0.05, 0) is 30.2 Å². The third-order valence-corrected chi connectivity index (χ3v) is 3.92. The minimum atomic E-state index is 0. The highest BCUT2D eigenvalue weighted by molar-refractivity contribution is 14.0. The zero-order chi connectivity index (χ0) is 20.0. The highest BCUT2D eigenvalue weighted by Gasteiger charge is 2.02. The molecule has 0 aliphatic heterocycles. The summed E-state index contributed by atoms with van der Waals surface area (Å²) in [6.07, 6.45) is 0.861. The molecule has 7 heteroatoms. The van der Waals surface area contributed by atoms with Gasteiger partial charge in [-0.1, -0.05) is 30.3 Å². The van der Waals surface area contributed by atoms with E-state index in [1.165, 1.54) is 0 Å². The second kappa shape index (κ2) is 15.1. The van der Waals surface area contributed by atoms with E-state index in [2.05, 4.69) is 28.8 Å². The van der Waals surface area contributed by atoms with Gasteiger partial charge in [0.1, 0.15) is 5.75 Å². The minimum Gasteiger partial charge on any atom is -0.493 e. The Morgan fingerprint density at radius 3 is 2.52 bits per heavy atom. The van der Waals surface area contributed by atoms with E-state index in [9.17, 15) is 0 Å². The summed E-state index contributed by atoms with van der Waals surface area (Å²) in [4.78, 5) is 4.69. The Kier molecular flexibility index (Phi) is 13.1. The van der Waals surface area contributed by atoms with Crippen LogP contribution in [0, 0.1) is 0 Å². The number of halogens is 1. The average molecular weight is 513 g/mol. The van der Waals surface area contributed by atoms with E-state index in [0.717, 1.165) is 41.5 Å². The quantitative estimate of drug-likeness (QED) is 0.201. The number of hydrogen-bond acceptors (Lipinski definition) is 4. The van der Waals surface area contributed by atoms with Gasteiger partial charge in [-0.15, -0.1) is 24.0 Å². The average Bonchev–Trinajstić information content (AvgIpc) is 2.71. The van der Waals surface area contributed by atoms with Crippen LogP contribution in [0.25, 0.3) is 0 Å². The Labute approximate surface area is 191 Å². The third-order valence-electron chi connectivity index (χ3n) is 3.92. The number of guanidine groups is 1. The molecular weight excluding hydrogens is 481 g/mol. The van der Waals surface area contributed by atoms with Crippen LogP contribution < -0.4 is 15.4 Å². The molecule has 0 saturated heterocycles. The number of aliphatic imine (C=N–C) groups is 1. The molecule has 2 aromatic rings. The van der Waals surface area contributed by atoms with Crippen LogP contribution in [0.3, 0.4) is 0 Å². The van der Waals surface area contributed by atoms with Gasteiger partial charge in [0.25, 0.3) is 0 Å². The molecule has 0 aromatic heterocycles. The number of nitrogens with zero attached hydrogens (tertiary/aromatic N) is 1. The number of anilines is 1. The molecule has 0 heterocycles. The second-order valence-electron chi connectivity index (χ2n) is 6.30. The molecule has 2 rings (SSSR count). The van der Waals surface area contributed by atoms with Gasteiger partial charge >= 0.3 is 0 Å². The first kappa shape index (κ1) is 25.2. The minimum absolute atomic E-state index is 0. The lowest BCUT2D eigenvalue weighted by Crippen LogP contribution is -2.30. The summed E-state index contributed by atoms with van der Waals surface area (Å²) in [7, 11) is 3.40. The van der Waals surface area contributed by atoms with Crippen LogP contribution in [0.5, 0.6) is 5.75 Å². The predicted octanol–water partition coefficient (Wildman–Crippen LogP) is 4.44. The van der Waals surface area contributed by atoms with Crippen molar-refractivity contribution in [3.8, 4) is 5.75 Å². The molecule has 2 aromatic carbocycles. The van der Waals surface area contributed by atoms with E-state index in [1.54, 1.807) is 14.2 Å². The monoisotopic (exact) mass is 513 g/mol. The van der Waals surface area contributed by atoms with Crippen LogP contribution in [-0.4, -0.2) is 39.9 Å². The van der Waals surface area contributed by atoms with Crippen molar-refractivity contribution in [2.75, 3.05) is 39.3 Å². The van der Waals surface area contributed by atoms with Gasteiger partial charge in [-0.3, -0.25) is 0 Å². The molecule has 0 bridgehead atoms. The highest BCUT2D eigenvalue weighted by Crippen LogP contribution is 2.17. The zero-order valence-electron chi connectivity index (χ0n) is 17.4. The van der Waals surface area contributed by atoms with Crippen molar-refractivity contribution in [3.05, 3.63) is 59.7 Å². The molecule has 0 spiro atoms. The zero-order valence-corrected chi connectivity index (χ0v) is 19.8. The number of hydrogen-bond donors (Lipinski definition) is 2. The molecule has 29 heavy (non-hydrogen) atoms. The summed E-state index contributed by atoms with van der Waals surface area (Å²) in [6, 6.07) is 16.1.